The van der Waals surface area contributed by atoms with Gasteiger partial charge in [0.05, 0.1) is 13.9 Å². The molecule has 2 rings (SSSR count). The van der Waals surface area contributed by atoms with Crippen LogP contribution in [0.2, 0.25) is 0 Å². The molecule has 5 nitrogen and oxygen atoms in total. The highest BCUT2D eigenvalue weighted by Gasteiger charge is 2.13. The van der Waals surface area contributed by atoms with E-state index in [9.17, 15) is 10.1 Å². The summed E-state index contributed by atoms with van der Waals surface area (Å²) in [5.74, 6) is 0.645. The standard InChI is InChI=1S/C13H10Br2N2O3/c14-9-2-1-3-10(15)13(9)20-7-8-4-5-11(16)12(6-8)17(18)19/h1-6H,7,16H2. The Kier molecular flexibility index (Phi) is 4.61. The lowest BCUT2D eigenvalue weighted by Gasteiger charge is -2.10. The van der Waals surface area contributed by atoms with E-state index < -0.39 is 4.92 Å². The lowest BCUT2D eigenvalue weighted by molar-refractivity contribution is -0.384. The fourth-order valence-corrected chi connectivity index (χ4v) is 2.84. The summed E-state index contributed by atoms with van der Waals surface area (Å²) in [4.78, 5) is 10.3. The summed E-state index contributed by atoms with van der Waals surface area (Å²) in [6.45, 7) is 0.211. The van der Waals surface area contributed by atoms with Crippen LogP contribution in [0, 0.1) is 10.1 Å². The number of hydrogen-bond acceptors (Lipinski definition) is 4. The van der Waals surface area contributed by atoms with E-state index in [4.69, 9.17) is 10.5 Å². The molecule has 0 bridgehead atoms. The largest absolute Gasteiger partial charge is 0.487 e. The number of halogens is 2. The number of nitrogens with zero attached hydrogens (tertiary/aromatic N) is 1. The van der Waals surface area contributed by atoms with Gasteiger partial charge in [-0.3, -0.25) is 10.1 Å². The number of nitrogens with two attached hydrogens (primary N) is 1. The number of ether oxygens (including phenoxy) is 1. The van der Waals surface area contributed by atoms with Crippen molar-refractivity contribution in [1.29, 1.82) is 0 Å². The van der Waals surface area contributed by atoms with E-state index in [-0.39, 0.29) is 18.0 Å². The monoisotopic (exact) mass is 400 g/mol. The second kappa shape index (κ2) is 6.23. The van der Waals surface area contributed by atoms with Gasteiger partial charge in [0.25, 0.3) is 5.69 Å². The van der Waals surface area contributed by atoms with Gasteiger partial charge >= 0.3 is 0 Å². The van der Waals surface area contributed by atoms with Gasteiger partial charge in [-0.1, -0.05) is 12.1 Å². The molecule has 20 heavy (non-hydrogen) atoms. The number of hydrogen-bond donors (Lipinski definition) is 1. The predicted octanol–water partition coefficient (Wildman–Crippen LogP) is 4.28. The molecule has 0 atom stereocenters. The van der Waals surface area contributed by atoms with E-state index in [1.165, 1.54) is 12.1 Å². The van der Waals surface area contributed by atoms with Crippen LogP contribution in [0.3, 0.4) is 0 Å². The Bertz CT molecular complexity index is 642. The van der Waals surface area contributed by atoms with Gasteiger partial charge in [0, 0.05) is 6.07 Å². The Morgan fingerprint density at radius 1 is 1.20 bits per heavy atom. The fourth-order valence-electron chi connectivity index (χ4n) is 1.61. The van der Waals surface area contributed by atoms with Gasteiger partial charge in [0.1, 0.15) is 18.0 Å². The minimum absolute atomic E-state index is 0.114. The summed E-state index contributed by atoms with van der Waals surface area (Å²) in [7, 11) is 0. The quantitative estimate of drug-likeness (QED) is 0.471. The third kappa shape index (κ3) is 3.29. The minimum atomic E-state index is -0.507. The van der Waals surface area contributed by atoms with Crippen molar-refractivity contribution in [2.24, 2.45) is 0 Å². The molecule has 0 aliphatic heterocycles. The van der Waals surface area contributed by atoms with Crippen molar-refractivity contribution in [3.8, 4) is 5.75 Å². The molecule has 2 aromatic rings. The van der Waals surface area contributed by atoms with E-state index in [0.29, 0.717) is 11.3 Å². The Morgan fingerprint density at radius 3 is 2.45 bits per heavy atom. The normalized spacial score (nSPS) is 10.3. The van der Waals surface area contributed by atoms with Gasteiger partial charge in [-0.2, -0.15) is 0 Å². The van der Waals surface area contributed by atoms with Gasteiger partial charge in [-0.15, -0.1) is 0 Å². The highest BCUT2D eigenvalue weighted by atomic mass is 79.9. The van der Waals surface area contributed by atoms with Gasteiger partial charge in [0.15, 0.2) is 0 Å². The maximum absolute atomic E-state index is 10.8. The minimum Gasteiger partial charge on any atom is -0.487 e. The Balaban J connectivity index is 2.19. The van der Waals surface area contributed by atoms with Crippen LogP contribution in [0.15, 0.2) is 45.3 Å². The third-order valence-corrected chi connectivity index (χ3v) is 3.84. The predicted molar refractivity (Wildman–Crippen MR) is 83.7 cm³/mol. The van der Waals surface area contributed by atoms with Crippen LogP contribution in [-0.2, 0) is 6.61 Å². The van der Waals surface area contributed by atoms with Crippen molar-refractivity contribution >= 4 is 43.2 Å². The van der Waals surface area contributed by atoms with Crippen molar-refractivity contribution < 1.29 is 9.66 Å². The lowest BCUT2D eigenvalue weighted by atomic mass is 10.2. The van der Waals surface area contributed by atoms with Crippen molar-refractivity contribution in [3.63, 3.8) is 0 Å². The molecule has 0 spiro atoms. The summed E-state index contributed by atoms with van der Waals surface area (Å²) in [5, 5.41) is 10.8. The second-order valence-electron chi connectivity index (χ2n) is 3.99. The van der Waals surface area contributed by atoms with Gasteiger partial charge in [-0.25, -0.2) is 0 Å². The van der Waals surface area contributed by atoms with E-state index in [0.717, 1.165) is 8.95 Å². The summed E-state index contributed by atoms with van der Waals surface area (Å²) < 4.78 is 7.28. The van der Waals surface area contributed by atoms with Crippen LogP contribution < -0.4 is 10.5 Å². The van der Waals surface area contributed by atoms with Gasteiger partial charge < -0.3 is 10.5 Å². The number of nitrogen functional groups attached to an aromatic ring is 1. The molecular formula is C13H10Br2N2O3. The molecule has 0 aliphatic carbocycles. The van der Waals surface area contributed by atoms with Crippen LogP contribution in [0.5, 0.6) is 5.75 Å². The number of anilines is 1. The smallest absolute Gasteiger partial charge is 0.292 e. The molecule has 7 heteroatoms. The first-order valence-electron chi connectivity index (χ1n) is 5.58. The van der Waals surface area contributed by atoms with Gasteiger partial charge in [-0.05, 0) is 55.6 Å². The summed E-state index contributed by atoms with van der Waals surface area (Å²) in [5.41, 5.74) is 6.25. The first-order chi connectivity index (χ1) is 9.49. The molecule has 0 aliphatic rings. The van der Waals surface area contributed by atoms with Crippen molar-refractivity contribution in [2.45, 2.75) is 6.61 Å². The average Bonchev–Trinajstić information content (AvgIpc) is 2.39. The van der Waals surface area contributed by atoms with E-state index in [1.54, 1.807) is 6.07 Å². The average molecular weight is 402 g/mol. The molecule has 104 valence electrons. The maximum atomic E-state index is 10.8. The molecule has 2 aromatic carbocycles. The van der Waals surface area contributed by atoms with Crippen molar-refractivity contribution in [1.82, 2.24) is 0 Å². The molecule has 0 saturated heterocycles. The third-order valence-electron chi connectivity index (χ3n) is 2.59. The zero-order valence-electron chi connectivity index (χ0n) is 10.2. The first-order valence-corrected chi connectivity index (χ1v) is 7.17. The van der Waals surface area contributed by atoms with Crippen LogP contribution in [0.4, 0.5) is 11.4 Å². The van der Waals surface area contributed by atoms with Crippen LogP contribution >= 0.6 is 31.9 Å². The number of nitro groups is 1. The molecule has 0 amide bonds. The zero-order valence-corrected chi connectivity index (χ0v) is 13.3. The number of benzene rings is 2. The lowest BCUT2D eigenvalue weighted by Crippen LogP contribution is -2.00. The molecule has 0 aromatic heterocycles. The number of nitro benzene ring substituents is 1. The number of para-hydroxylation sites is 1. The summed E-state index contributed by atoms with van der Waals surface area (Å²) >= 11 is 6.77. The van der Waals surface area contributed by atoms with E-state index in [2.05, 4.69) is 31.9 Å². The highest BCUT2D eigenvalue weighted by molar-refractivity contribution is 9.11. The Hall–Kier alpha value is -1.60. The first kappa shape index (κ1) is 14.8. The molecular weight excluding hydrogens is 392 g/mol. The summed E-state index contributed by atoms with van der Waals surface area (Å²) in [6, 6.07) is 10.2. The Labute approximate surface area is 132 Å². The SMILES string of the molecule is Nc1ccc(COc2c(Br)cccc2Br)cc1[N+](=O)[O-]. The fraction of sp³-hybridized carbons (Fsp3) is 0.0769. The molecule has 0 saturated carbocycles. The molecule has 2 N–H and O–H groups in total. The summed E-state index contributed by atoms with van der Waals surface area (Å²) in [6.07, 6.45) is 0. The van der Waals surface area contributed by atoms with E-state index >= 15 is 0 Å². The second-order valence-corrected chi connectivity index (χ2v) is 5.70. The van der Waals surface area contributed by atoms with Crippen LogP contribution in [0.1, 0.15) is 5.56 Å². The molecule has 0 heterocycles. The Morgan fingerprint density at radius 2 is 1.85 bits per heavy atom. The maximum Gasteiger partial charge on any atom is 0.292 e. The molecule has 0 fully saturated rings. The van der Waals surface area contributed by atoms with Crippen LogP contribution in [0.25, 0.3) is 0 Å². The van der Waals surface area contributed by atoms with Crippen molar-refractivity contribution in [2.75, 3.05) is 5.73 Å². The van der Waals surface area contributed by atoms with Gasteiger partial charge in [0.2, 0.25) is 0 Å². The van der Waals surface area contributed by atoms with Crippen molar-refractivity contribution in [3.05, 3.63) is 61.0 Å². The topological polar surface area (TPSA) is 78.4 Å². The number of rotatable bonds is 4. The van der Waals surface area contributed by atoms with Crippen LogP contribution in [-0.4, -0.2) is 4.92 Å². The highest BCUT2D eigenvalue weighted by Crippen LogP contribution is 2.34. The molecule has 0 radical (unpaired) electrons. The molecule has 0 unspecified atom stereocenters. The zero-order chi connectivity index (χ0) is 14.7. The van der Waals surface area contributed by atoms with E-state index in [1.807, 2.05) is 18.2 Å².